The fourth-order valence-electron chi connectivity index (χ4n) is 3.43. The molecule has 9 heteroatoms. The molecule has 0 radical (unpaired) electrons. The molecule has 0 fully saturated rings. The van der Waals surface area contributed by atoms with Gasteiger partial charge in [0.1, 0.15) is 24.0 Å². The van der Waals surface area contributed by atoms with Crippen molar-refractivity contribution in [1.82, 2.24) is 9.66 Å². The van der Waals surface area contributed by atoms with E-state index in [0.717, 1.165) is 22.0 Å². The van der Waals surface area contributed by atoms with Crippen molar-refractivity contribution < 1.29 is 9.13 Å². The van der Waals surface area contributed by atoms with Gasteiger partial charge in [0.25, 0.3) is 5.56 Å². The van der Waals surface area contributed by atoms with Crippen molar-refractivity contribution in [2.75, 3.05) is 0 Å². The molecule has 1 aromatic heterocycles. The highest BCUT2D eigenvalue weighted by Crippen LogP contribution is 2.35. The Morgan fingerprint density at radius 1 is 1.09 bits per heavy atom. The van der Waals surface area contributed by atoms with Crippen molar-refractivity contribution in [3.63, 3.8) is 0 Å². The van der Waals surface area contributed by atoms with Gasteiger partial charge >= 0.3 is 0 Å². The van der Waals surface area contributed by atoms with E-state index in [1.165, 1.54) is 16.8 Å². The molecule has 5 nitrogen and oxygen atoms in total. The van der Waals surface area contributed by atoms with Crippen molar-refractivity contribution in [2.45, 2.75) is 32.8 Å². The van der Waals surface area contributed by atoms with Crippen LogP contribution in [0.5, 0.6) is 5.75 Å². The van der Waals surface area contributed by atoms with Crippen LogP contribution in [-0.4, -0.2) is 15.9 Å². The summed E-state index contributed by atoms with van der Waals surface area (Å²) in [4.78, 5) is 18.0. The summed E-state index contributed by atoms with van der Waals surface area (Å²) in [6.07, 6.45) is 2.44. The number of benzene rings is 3. The predicted molar refractivity (Wildman–Crippen MR) is 148 cm³/mol. The van der Waals surface area contributed by atoms with Gasteiger partial charge in [0, 0.05) is 10.4 Å². The Kier molecular flexibility index (Phi) is 8.19. The van der Waals surface area contributed by atoms with E-state index in [0.29, 0.717) is 31.4 Å². The summed E-state index contributed by atoms with van der Waals surface area (Å²) in [6, 6.07) is 15.3. The Hall–Kier alpha value is -2.36. The van der Waals surface area contributed by atoms with E-state index < -0.39 is 0 Å². The lowest BCUT2D eigenvalue weighted by molar-refractivity contribution is 0.302. The minimum absolute atomic E-state index is 0.0496. The summed E-state index contributed by atoms with van der Waals surface area (Å²) in [5.74, 6) is 0.986. The highest BCUT2D eigenvalue weighted by atomic mass is 79.9. The quantitative estimate of drug-likeness (QED) is 0.189. The average Bonchev–Trinajstić information content (AvgIpc) is 2.83. The Morgan fingerprint density at radius 2 is 1.77 bits per heavy atom. The molecule has 0 spiro atoms. The number of hydrogen-bond acceptors (Lipinski definition) is 4. The molecule has 1 heterocycles. The van der Waals surface area contributed by atoms with Crippen LogP contribution in [0.4, 0.5) is 4.39 Å². The van der Waals surface area contributed by atoms with Gasteiger partial charge in [-0.1, -0.05) is 41.9 Å². The molecule has 0 N–H and O–H groups in total. The lowest BCUT2D eigenvalue weighted by Gasteiger charge is -2.14. The monoisotopic (exact) mass is 663 g/mol. The van der Waals surface area contributed by atoms with Crippen LogP contribution in [0.25, 0.3) is 10.9 Å². The molecule has 0 aliphatic heterocycles. The summed E-state index contributed by atoms with van der Waals surface area (Å²) < 4.78 is 22.7. The van der Waals surface area contributed by atoms with Crippen LogP contribution in [0.3, 0.4) is 0 Å². The fraction of sp³-hybridized carbons (Fsp3) is 0.192. The van der Waals surface area contributed by atoms with Crippen molar-refractivity contribution in [3.8, 4) is 5.75 Å². The second-order valence-electron chi connectivity index (χ2n) is 8.03. The Labute approximate surface area is 227 Å². The van der Waals surface area contributed by atoms with E-state index in [-0.39, 0.29) is 23.9 Å². The van der Waals surface area contributed by atoms with Gasteiger partial charge < -0.3 is 4.74 Å². The molecule has 0 saturated carbocycles. The minimum atomic E-state index is -0.287. The second kappa shape index (κ2) is 11.1. The predicted octanol–water partition coefficient (Wildman–Crippen LogP) is 7.80. The van der Waals surface area contributed by atoms with Gasteiger partial charge in [0.2, 0.25) is 0 Å². The van der Waals surface area contributed by atoms with Gasteiger partial charge in [0.15, 0.2) is 0 Å². The molecule has 3 aromatic carbocycles. The van der Waals surface area contributed by atoms with Crippen molar-refractivity contribution in [3.05, 3.63) is 101 Å². The standard InChI is InChI=1S/C26H21Br3FN3O2/c1-3-15(2)25-32-23-9-6-18(27)12-20(23)26(34)33(25)31-13-17-10-21(28)24(22(29)11-17)35-14-16-4-7-19(30)8-5-16/h4-13,15H,3,14H2,1-2H3/t15-/m1/s1. The maximum atomic E-state index is 13.3. The Balaban J connectivity index is 1.66. The lowest BCUT2D eigenvalue weighted by Crippen LogP contribution is -2.23. The SMILES string of the molecule is CC[C@@H](C)c1nc2ccc(Br)cc2c(=O)n1N=Cc1cc(Br)c(OCc2ccc(F)cc2)c(Br)c1. The first-order valence-electron chi connectivity index (χ1n) is 10.9. The molecular formula is C26H21Br3FN3O2. The van der Waals surface area contributed by atoms with E-state index in [1.54, 1.807) is 24.4 Å². The zero-order chi connectivity index (χ0) is 25.1. The van der Waals surface area contributed by atoms with E-state index in [9.17, 15) is 9.18 Å². The molecule has 0 unspecified atom stereocenters. The third-order valence-corrected chi connectivity index (χ3v) is 7.20. The Morgan fingerprint density at radius 3 is 2.43 bits per heavy atom. The number of aromatic nitrogens is 2. The van der Waals surface area contributed by atoms with Crippen LogP contribution >= 0.6 is 47.8 Å². The molecule has 35 heavy (non-hydrogen) atoms. The zero-order valence-electron chi connectivity index (χ0n) is 18.9. The maximum absolute atomic E-state index is 13.3. The van der Waals surface area contributed by atoms with Crippen LogP contribution in [0.15, 0.2) is 77.9 Å². The molecule has 0 aliphatic rings. The normalized spacial score (nSPS) is 12.4. The van der Waals surface area contributed by atoms with Crippen LogP contribution in [0, 0.1) is 5.82 Å². The van der Waals surface area contributed by atoms with Gasteiger partial charge in [-0.2, -0.15) is 9.78 Å². The number of rotatable bonds is 7. The van der Waals surface area contributed by atoms with Gasteiger partial charge in [-0.3, -0.25) is 4.79 Å². The molecule has 0 saturated heterocycles. The molecular weight excluding hydrogens is 645 g/mol. The smallest absolute Gasteiger partial charge is 0.282 e. The third kappa shape index (κ3) is 5.90. The zero-order valence-corrected chi connectivity index (χ0v) is 23.7. The van der Waals surface area contributed by atoms with Gasteiger partial charge in [0.05, 0.1) is 26.1 Å². The first kappa shape index (κ1) is 25.7. The Bertz CT molecular complexity index is 1450. The number of hydrogen-bond donors (Lipinski definition) is 0. The highest BCUT2D eigenvalue weighted by Gasteiger charge is 2.16. The van der Waals surface area contributed by atoms with Gasteiger partial charge in [-0.15, -0.1) is 0 Å². The number of fused-ring (bicyclic) bond motifs is 1. The summed E-state index contributed by atoms with van der Waals surface area (Å²) in [5, 5.41) is 5.02. The van der Waals surface area contributed by atoms with Gasteiger partial charge in [-0.05, 0) is 91.9 Å². The van der Waals surface area contributed by atoms with Crippen molar-refractivity contribution in [1.29, 1.82) is 0 Å². The highest BCUT2D eigenvalue weighted by molar-refractivity contribution is 9.11. The van der Waals surface area contributed by atoms with E-state index in [2.05, 4.69) is 59.8 Å². The molecule has 4 aromatic rings. The third-order valence-electron chi connectivity index (χ3n) is 5.53. The average molecular weight is 666 g/mol. The maximum Gasteiger partial charge on any atom is 0.282 e. The van der Waals surface area contributed by atoms with E-state index >= 15 is 0 Å². The van der Waals surface area contributed by atoms with Crippen LogP contribution < -0.4 is 10.3 Å². The molecule has 0 aliphatic carbocycles. The van der Waals surface area contributed by atoms with E-state index in [1.807, 2.05) is 31.2 Å². The van der Waals surface area contributed by atoms with Gasteiger partial charge in [-0.25, -0.2) is 9.37 Å². The summed E-state index contributed by atoms with van der Waals surface area (Å²) in [5.41, 5.74) is 2.03. The largest absolute Gasteiger partial charge is 0.487 e. The summed E-state index contributed by atoms with van der Waals surface area (Å²) in [7, 11) is 0. The first-order valence-corrected chi connectivity index (χ1v) is 13.3. The number of ether oxygens (including phenoxy) is 1. The van der Waals surface area contributed by atoms with Crippen LogP contribution in [0.2, 0.25) is 0 Å². The van der Waals surface area contributed by atoms with Crippen molar-refractivity contribution in [2.24, 2.45) is 5.10 Å². The molecule has 0 amide bonds. The second-order valence-corrected chi connectivity index (χ2v) is 10.7. The number of halogens is 4. The van der Waals surface area contributed by atoms with E-state index in [4.69, 9.17) is 9.72 Å². The molecule has 1 atom stereocenters. The molecule has 4 rings (SSSR count). The minimum Gasteiger partial charge on any atom is -0.487 e. The topological polar surface area (TPSA) is 56.5 Å². The van der Waals surface area contributed by atoms with Crippen molar-refractivity contribution >= 4 is 64.9 Å². The summed E-state index contributed by atoms with van der Waals surface area (Å²) in [6.45, 7) is 4.37. The van der Waals surface area contributed by atoms with Crippen LogP contribution in [0.1, 0.15) is 43.1 Å². The lowest BCUT2D eigenvalue weighted by atomic mass is 10.1. The van der Waals surface area contributed by atoms with Crippen LogP contribution in [-0.2, 0) is 6.61 Å². The summed E-state index contributed by atoms with van der Waals surface area (Å²) >= 11 is 10.5. The first-order chi connectivity index (χ1) is 16.8. The molecule has 180 valence electrons. The fourth-order valence-corrected chi connectivity index (χ4v) is 5.24. The number of nitrogens with zero attached hydrogens (tertiary/aromatic N) is 3. The molecule has 0 bridgehead atoms.